The van der Waals surface area contributed by atoms with Gasteiger partial charge >= 0.3 is 5.69 Å². The summed E-state index contributed by atoms with van der Waals surface area (Å²) in [6.45, 7) is 7.19. The van der Waals surface area contributed by atoms with Gasteiger partial charge in [0.05, 0.1) is 10.9 Å². The smallest absolute Gasteiger partial charge is 0.328 e. The molecular formula is C21H27N3O3. The summed E-state index contributed by atoms with van der Waals surface area (Å²) < 4.78 is 1.47. The minimum Gasteiger partial charge on any atom is -0.353 e. The van der Waals surface area contributed by atoms with Crippen LogP contribution in [0.3, 0.4) is 0 Å². The number of fused-ring (bicyclic) bond motifs is 3. The summed E-state index contributed by atoms with van der Waals surface area (Å²) in [6, 6.07) is 7.17. The average Bonchev–Trinajstić information content (AvgIpc) is 2.95. The Kier molecular flexibility index (Phi) is 4.05. The van der Waals surface area contributed by atoms with Crippen molar-refractivity contribution in [3.05, 3.63) is 45.1 Å². The standard InChI is InChI=1S/C21H27N3O3/c1-20(2)13-8-10-21(20,3)16(12-13)22-17(25)9-11-24-15-7-5-4-6-14(15)18(26)23-19(24)27/h4-7,13,16H,8-12H2,1-3H3,(H,22,25)(H,23,26,27)/t13-,16-,21-/m0/s1. The first-order valence-electron chi connectivity index (χ1n) is 9.75. The molecule has 6 nitrogen and oxygen atoms in total. The number of nitrogens with zero attached hydrogens (tertiary/aromatic N) is 1. The van der Waals surface area contributed by atoms with E-state index in [9.17, 15) is 14.4 Å². The number of rotatable bonds is 4. The highest BCUT2D eigenvalue weighted by molar-refractivity contribution is 5.79. The molecule has 1 aromatic carbocycles. The van der Waals surface area contributed by atoms with E-state index in [1.165, 1.54) is 11.0 Å². The third kappa shape index (κ3) is 2.65. The van der Waals surface area contributed by atoms with Crippen molar-refractivity contribution in [3.8, 4) is 0 Å². The number of para-hydroxylation sites is 1. The number of H-pyrrole nitrogens is 1. The first-order valence-corrected chi connectivity index (χ1v) is 9.75. The molecule has 3 atom stereocenters. The summed E-state index contributed by atoms with van der Waals surface area (Å²) in [4.78, 5) is 39.1. The molecule has 2 N–H and O–H groups in total. The van der Waals surface area contributed by atoms with Gasteiger partial charge in [-0.1, -0.05) is 32.9 Å². The summed E-state index contributed by atoms with van der Waals surface area (Å²) in [6.07, 6.45) is 3.65. The molecular weight excluding hydrogens is 342 g/mol. The Bertz CT molecular complexity index is 1020. The summed E-state index contributed by atoms with van der Waals surface area (Å²) in [7, 11) is 0. The van der Waals surface area contributed by atoms with Crippen molar-refractivity contribution in [2.24, 2.45) is 16.7 Å². The van der Waals surface area contributed by atoms with Crippen LogP contribution >= 0.6 is 0 Å². The summed E-state index contributed by atoms with van der Waals surface area (Å²) >= 11 is 0. The number of benzene rings is 1. The van der Waals surface area contributed by atoms with Gasteiger partial charge in [-0.3, -0.25) is 19.1 Å². The number of amides is 1. The molecule has 1 amide bonds. The van der Waals surface area contributed by atoms with E-state index in [-0.39, 0.29) is 35.7 Å². The molecule has 144 valence electrons. The van der Waals surface area contributed by atoms with Crippen molar-refractivity contribution in [1.29, 1.82) is 0 Å². The number of aromatic amines is 1. The molecule has 2 saturated carbocycles. The monoisotopic (exact) mass is 369 g/mol. The highest BCUT2D eigenvalue weighted by Gasteiger charge is 2.61. The van der Waals surface area contributed by atoms with E-state index in [1.54, 1.807) is 24.3 Å². The lowest BCUT2D eigenvalue weighted by molar-refractivity contribution is -0.123. The fourth-order valence-corrected chi connectivity index (χ4v) is 5.37. The molecule has 4 rings (SSSR count). The van der Waals surface area contributed by atoms with Crippen LogP contribution in [0.1, 0.15) is 46.5 Å². The number of carbonyl (C=O) groups excluding carboxylic acids is 1. The maximum atomic E-state index is 12.6. The lowest BCUT2D eigenvalue weighted by atomic mass is 9.69. The van der Waals surface area contributed by atoms with Crippen LogP contribution in [0.4, 0.5) is 0 Å². The highest BCUT2D eigenvalue weighted by atomic mass is 16.2. The van der Waals surface area contributed by atoms with Gasteiger partial charge in [-0.25, -0.2) is 4.79 Å². The van der Waals surface area contributed by atoms with Gasteiger partial charge in [-0.2, -0.15) is 0 Å². The third-order valence-electron chi connectivity index (χ3n) is 7.60. The van der Waals surface area contributed by atoms with Gasteiger partial charge in [0, 0.05) is 19.0 Å². The Labute approximate surface area is 158 Å². The van der Waals surface area contributed by atoms with Crippen molar-refractivity contribution in [3.63, 3.8) is 0 Å². The lowest BCUT2D eigenvalue weighted by Crippen LogP contribution is -2.47. The number of hydrogen-bond acceptors (Lipinski definition) is 3. The minimum absolute atomic E-state index is 0.0354. The van der Waals surface area contributed by atoms with E-state index in [0.717, 1.165) is 12.8 Å². The number of aromatic nitrogens is 2. The predicted octanol–water partition coefficient (Wildman–Crippen LogP) is 2.41. The molecule has 0 aliphatic heterocycles. The Hall–Kier alpha value is -2.37. The second-order valence-corrected chi connectivity index (χ2v) is 8.91. The molecule has 1 aromatic heterocycles. The Morgan fingerprint density at radius 1 is 1.26 bits per heavy atom. The quantitative estimate of drug-likeness (QED) is 0.868. The van der Waals surface area contributed by atoms with E-state index in [0.29, 0.717) is 16.8 Å². The van der Waals surface area contributed by atoms with E-state index < -0.39 is 11.2 Å². The Morgan fingerprint density at radius 2 is 2.00 bits per heavy atom. The van der Waals surface area contributed by atoms with E-state index in [4.69, 9.17) is 0 Å². The number of carbonyl (C=O) groups is 1. The lowest BCUT2D eigenvalue weighted by Gasteiger charge is -2.39. The van der Waals surface area contributed by atoms with Crippen molar-refractivity contribution in [2.45, 2.75) is 59.0 Å². The SMILES string of the molecule is CC1(C)[C@H]2CC[C@@]1(C)[C@@H](NC(=O)CCn1c(=O)[nH]c(=O)c3ccccc31)C2. The fraction of sp³-hybridized carbons (Fsp3) is 0.571. The molecule has 2 fully saturated rings. The molecule has 1 heterocycles. The van der Waals surface area contributed by atoms with Gasteiger partial charge < -0.3 is 5.32 Å². The molecule has 2 bridgehead atoms. The second kappa shape index (κ2) is 6.08. The van der Waals surface area contributed by atoms with Crippen LogP contribution < -0.4 is 16.6 Å². The molecule has 27 heavy (non-hydrogen) atoms. The Balaban J connectivity index is 1.49. The van der Waals surface area contributed by atoms with E-state index >= 15 is 0 Å². The van der Waals surface area contributed by atoms with Gasteiger partial charge in [0.1, 0.15) is 0 Å². The van der Waals surface area contributed by atoms with Gasteiger partial charge in [-0.15, -0.1) is 0 Å². The zero-order valence-electron chi connectivity index (χ0n) is 16.2. The molecule has 0 unspecified atom stereocenters. The van der Waals surface area contributed by atoms with Gasteiger partial charge in [0.25, 0.3) is 5.56 Å². The molecule has 6 heteroatoms. The zero-order chi connectivity index (χ0) is 19.4. The second-order valence-electron chi connectivity index (χ2n) is 8.91. The zero-order valence-corrected chi connectivity index (χ0v) is 16.2. The van der Waals surface area contributed by atoms with Gasteiger partial charge in [0.2, 0.25) is 5.91 Å². The fourth-order valence-electron chi connectivity index (χ4n) is 5.37. The first-order chi connectivity index (χ1) is 12.7. The summed E-state index contributed by atoms with van der Waals surface area (Å²) in [5, 5.41) is 3.69. The summed E-state index contributed by atoms with van der Waals surface area (Å²) in [5.74, 6) is 0.630. The van der Waals surface area contributed by atoms with Crippen molar-refractivity contribution in [1.82, 2.24) is 14.9 Å². The number of aryl methyl sites for hydroxylation is 1. The molecule has 2 aliphatic carbocycles. The topological polar surface area (TPSA) is 84.0 Å². The average molecular weight is 369 g/mol. The highest BCUT2D eigenvalue weighted by Crippen LogP contribution is 2.65. The molecule has 0 spiro atoms. The van der Waals surface area contributed by atoms with Crippen LogP contribution in [0.2, 0.25) is 0 Å². The van der Waals surface area contributed by atoms with Crippen LogP contribution in [0.25, 0.3) is 10.9 Å². The van der Waals surface area contributed by atoms with E-state index in [1.807, 2.05) is 0 Å². The van der Waals surface area contributed by atoms with Crippen molar-refractivity contribution in [2.75, 3.05) is 0 Å². The first kappa shape index (κ1) is 18.0. The number of hydrogen-bond donors (Lipinski definition) is 2. The van der Waals surface area contributed by atoms with Crippen LogP contribution in [-0.4, -0.2) is 21.5 Å². The van der Waals surface area contributed by atoms with Crippen LogP contribution in [0.15, 0.2) is 33.9 Å². The molecule has 0 radical (unpaired) electrons. The maximum Gasteiger partial charge on any atom is 0.328 e. The molecule has 2 aromatic rings. The van der Waals surface area contributed by atoms with Crippen LogP contribution in [0, 0.1) is 16.7 Å². The van der Waals surface area contributed by atoms with Crippen LogP contribution in [-0.2, 0) is 11.3 Å². The van der Waals surface area contributed by atoms with Crippen LogP contribution in [0.5, 0.6) is 0 Å². The predicted molar refractivity (Wildman–Crippen MR) is 105 cm³/mol. The maximum absolute atomic E-state index is 12.6. The Morgan fingerprint density at radius 3 is 2.67 bits per heavy atom. The van der Waals surface area contributed by atoms with Gasteiger partial charge in [-0.05, 0) is 48.1 Å². The van der Waals surface area contributed by atoms with Crippen molar-refractivity contribution >= 4 is 16.8 Å². The normalized spacial score (nSPS) is 28.6. The largest absolute Gasteiger partial charge is 0.353 e. The number of nitrogens with one attached hydrogen (secondary N) is 2. The molecule has 0 saturated heterocycles. The summed E-state index contributed by atoms with van der Waals surface area (Å²) in [5.41, 5.74) is 0.0753. The van der Waals surface area contributed by atoms with Crippen molar-refractivity contribution < 1.29 is 4.79 Å². The van der Waals surface area contributed by atoms with Gasteiger partial charge in [0.15, 0.2) is 0 Å². The minimum atomic E-state index is -0.473. The van der Waals surface area contributed by atoms with E-state index in [2.05, 4.69) is 31.1 Å². The molecule has 2 aliphatic rings. The third-order valence-corrected chi connectivity index (χ3v) is 7.60.